The Morgan fingerprint density at radius 2 is 2.14 bits per heavy atom. The highest BCUT2D eigenvalue weighted by molar-refractivity contribution is 7.19. The molecule has 3 N–H and O–H groups in total. The number of ether oxygens (including phenoxy) is 1. The average Bonchev–Trinajstić information content (AvgIpc) is 3.06. The Bertz CT molecular complexity index is 495. The summed E-state index contributed by atoms with van der Waals surface area (Å²) in [5.41, 5.74) is 6.51. The van der Waals surface area contributed by atoms with Crippen molar-refractivity contribution in [3.05, 3.63) is 4.88 Å². The lowest BCUT2D eigenvalue weighted by atomic mass is 10.2. The third-order valence-electron chi connectivity index (χ3n) is 3.79. The summed E-state index contributed by atoms with van der Waals surface area (Å²) >= 11 is 1.40. The van der Waals surface area contributed by atoms with Crippen molar-refractivity contribution in [2.24, 2.45) is 0 Å². The maximum Gasteiger partial charge on any atom is 0.176 e. The zero-order valence-electron chi connectivity index (χ0n) is 13.1. The normalized spacial score (nSPS) is 16.9. The van der Waals surface area contributed by atoms with Gasteiger partial charge in [0.2, 0.25) is 0 Å². The monoisotopic (exact) mass is 311 g/mol. The molecule has 1 fully saturated rings. The number of hydrogen-bond acceptors (Lipinski definition) is 6. The van der Waals surface area contributed by atoms with Gasteiger partial charge in [0, 0.05) is 19.0 Å². The maximum absolute atomic E-state index is 11.9. The van der Waals surface area contributed by atoms with Crippen molar-refractivity contribution < 1.29 is 9.53 Å². The topological polar surface area (TPSA) is 67.6 Å². The second-order valence-electron chi connectivity index (χ2n) is 5.54. The highest BCUT2D eigenvalue weighted by atomic mass is 32.1. The zero-order chi connectivity index (χ0) is 15.4. The number of likely N-dealkylation sites (tertiary alicyclic amines) is 1. The van der Waals surface area contributed by atoms with Gasteiger partial charge in [-0.15, -0.1) is 11.3 Å². The highest BCUT2D eigenvalue weighted by Gasteiger charge is 2.22. The Hall–Kier alpha value is -1.27. The van der Waals surface area contributed by atoms with E-state index >= 15 is 0 Å². The summed E-state index contributed by atoms with van der Waals surface area (Å²) in [6, 6.07) is 0.291. The van der Waals surface area contributed by atoms with Gasteiger partial charge in [0.05, 0.1) is 17.7 Å². The first-order valence-corrected chi connectivity index (χ1v) is 8.36. The number of Topliss-reactive ketones (excluding diaryl/α,β-unsaturated/α-hetero) is 1. The summed E-state index contributed by atoms with van der Waals surface area (Å²) in [4.78, 5) is 15.0. The number of thiophene rings is 1. The van der Waals surface area contributed by atoms with Gasteiger partial charge in [-0.2, -0.15) is 0 Å². The summed E-state index contributed by atoms with van der Waals surface area (Å²) in [5, 5.41) is 4.31. The van der Waals surface area contributed by atoms with Gasteiger partial charge in [-0.3, -0.25) is 4.79 Å². The van der Waals surface area contributed by atoms with Crippen LogP contribution in [0.5, 0.6) is 5.75 Å². The summed E-state index contributed by atoms with van der Waals surface area (Å²) in [7, 11) is 1.59. The molecule has 0 aromatic carbocycles. The van der Waals surface area contributed by atoms with Crippen LogP contribution < -0.4 is 15.8 Å². The first-order valence-electron chi connectivity index (χ1n) is 7.55. The van der Waals surface area contributed by atoms with Gasteiger partial charge < -0.3 is 20.7 Å². The fraction of sp³-hybridized carbons (Fsp3) is 0.667. The van der Waals surface area contributed by atoms with Crippen molar-refractivity contribution in [2.75, 3.05) is 37.8 Å². The minimum atomic E-state index is 0.0658. The van der Waals surface area contributed by atoms with Gasteiger partial charge in [0.1, 0.15) is 5.00 Å². The number of carbonyl (C=O) groups excluding carboxylic acids is 1. The van der Waals surface area contributed by atoms with Crippen LogP contribution in [-0.2, 0) is 0 Å². The van der Waals surface area contributed by atoms with Crippen molar-refractivity contribution >= 4 is 27.8 Å². The van der Waals surface area contributed by atoms with Crippen molar-refractivity contribution in [1.82, 2.24) is 4.90 Å². The fourth-order valence-corrected chi connectivity index (χ4v) is 3.93. The average molecular weight is 311 g/mol. The molecule has 0 radical (unpaired) electrons. The largest absolute Gasteiger partial charge is 0.492 e. The van der Waals surface area contributed by atoms with Gasteiger partial charge in [-0.25, -0.2) is 0 Å². The molecular formula is C15H25N3O2S. The maximum atomic E-state index is 11.9. The number of nitrogens with two attached hydrogens (primary N) is 1. The second kappa shape index (κ2) is 7.13. The van der Waals surface area contributed by atoms with Crippen molar-refractivity contribution in [3.63, 3.8) is 0 Å². The van der Waals surface area contributed by atoms with Crippen molar-refractivity contribution in [1.29, 1.82) is 0 Å². The van der Waals surface area contributed by atoms with E-state index in [9.17, 15) is 4.79 Å². The lowest BCUT2D eigenvalue weighted by Gasteiger charge is -2.21. The minimum Gasteiger partial charge on any atom is -0.492 e. The molecule has 6 heteroatoms. The molecule has 0 saturated carbocycles. The quantitative estimate of drug-likeness (QED) is 0.758. The third-order valence-corrected chi connectivity index (χ3v) is 4.95. The highest BCUT2D eigenvalue weighted by Crippen LogP contribution is 2.43. The third kappa shape index (κ3) is 3.68. The molecule has 2 rings (SSSR count). The van der Waals surface area contributed by atoms with E-state index in [2.05, 4.69) is 17.1 Å². The number of nitrogen functional groups attached to an aromatic ring is 1. The Labute approximate surface area is 130 Å². The number of ketones is 1. The van der Waals surface area contributed by atoms with E-state index < -0.39 is 0 Å². The van der Waals surface area contributed by atoms with Crippen LogP contribution in [0, 0.1) is 0 Å². The number of rotatable bonds is 7. The Kier molecular flexibility index (Phi) is 5.47. The predicted octanol–water partition coefficient (Wildman–Crippen LogP) is 2.83. The van der Waals surface area contributed by atoms with Gasteiger partial charge in [-0.05, 0) is 32.9 Å². The van der Waals surface area contributed by atoms with Crippen LogP contribution in [-0.4, -0.2) is 43.5 Å². The molecular weight excluding hydrogens is 286 g/mol. The standard InChI is InChI=1S/C15H25N3O2S/c1-4-11(19)14-12(16)13(20-3)15(21-14)17-10(2)9-18-7-5-6-8-18/h10,17H,4-9,16H2,1-3H3. The molecule has 1 aliphatic heterocycles. The van der Waals surface area contributed by atoms with Crippen LogP contribution in [0.15, 0.2) is 0 Å². The molecule has 0 amide bonds. The molecule has 1 aromatic rings. The minimum absolute atomic E-state index is 0.0658. The summed E-state index contributed by atoms with van der Waals surface area (Å²) in [5.74, 6) is 0.668. The van der Waals surface area contributed by atoms with E-state index in [1.54, 1.807) is 7.11 Å². The second-order valence-corrected chi connectivity index (χ2v) is 6.56. The zero-order valence-corrected chi connectivity index (χ0v) is 13.9. The molecule has 1 atom stereocenters. The van der Waals surface area contributed by atoms with Gasteiger partial charge >= 0.3 is 0 Å². The summed E-state index contributed by atoms with van der Waals surface area (Å²) in [6.07, 6.45) is 3.03. The predicted molar refractivity (Wildman–Crippen MR) is 88.7 cm³/mol. The number of carbonyl (C=O) groups is 1. The molecule has 5 nitrogen and oxygen atoms in total. The number of anilines is 2. The van der Waals surface area contributed by atoms with Gasteiger partial charge in [0.15, 0.2) is 11.5 Å². The number of hydrogen-bond donors (Lipinski definition) is 2. The number of methoxy groups -OCH3 is 1. The van der Waals surface area contributed by atoms with E-state index in [1.165, 1.54) is 37.3 Å². The number of nitrogens with zero attached hydrogens (tertiary/aromatic N) is 1. The molecule has 1 saturated heterocycles. The van der Waals surface area contributed by atoms with Crippen LogP contribution in [0.2, 0.25) is 0 Å². The first-order chi connectivity index (χ1) is 10.1. The van der Waals surface area contributed by atoms with Crippen LogP contribution in [0.4, 0.5) is 10.7 Å². The van der Waals surface area contributed by atoms with Gasteiger partial charge in [0.25, 0.3) is 0 Å². The SMILES string of the molecule is CCC(=O)c1sc(NC(C)CN2CCCC2)c(OC)c1N. The summed E-state index contributed by atoms with van der Waals surface area (Å²) in [6.45, 7) is 7.34. The Morgan fingerprint density at radius 1 is 1.48 bits per heavy atom. The molecule has 1 unspecified atom stereocenters. The van der Waals surface area contributed by atoms with E-state index in [1.807, 2.05) is 6.92 Å². The number of nitrogens with one attached hydrogen (secondary N) is 1. The van der Waals surface area contributed by atoms with Crippen LogP contribution in [0.3, 0.4) is 0 Å². The lowest BCUT2D eigenvalue weighted by molar-refractivity contribution is 0.0992. The van der Waals surface area contributed by atoms with Gasteiger partial charge in [-0.1, -0.05) is 6.92 Å². The van der Waals surface area contributed by atoms with Crippen molar-refractivity contribution in [3.8, 4) is 5.75 Å². The van der Waals surface area contributed by atoms with E-state index in [4.69, 9.17) is 10.5 Å². The molecule has 2 heterocycles. The van der Waals surface area contributed by atoms with E-state index in [-0.39, 0.29) is 5.78 Å². The van der Waals surface area contributed by atoms with Crippen LogP contribution >= 0.6 is 11.3 Å². The van der Waals surface area contributed by atoms with E-state index in [0.717, 1.165) is 11.5 Å². The molecule has 118 valence electrons. The first kappa shape index (κ1) is 16.1. The fourth-order valence-electron chi connectivity index (χ4n) is 2.72. The van der Waals surface area contributed by atoms with Crippen LogP contribution in [0.25, 0.3) is 0 Å². The summed E-state index contributed by atoms with van der Waals surface area (Å²) < 4.78 is 5.38. The van der Waals surface area contributed by atoms with E-state index in [0.29, 0.717) is 28.8 Å². The molecule has 1 aromatic heterocycles. The Morgan fingerprint density at radius 3 is 2.71 bits per heavy atom. The molecule has 1 aliphatic rings. The Balaban J connectivity index is 2.09. The molecule has 0 spiro atoms. The lowest BCUT2D eigenvalue weighted by Crippen LogP contribution is -2.32. The molecule has 21 heavy (non-hydrogen) atoms. The molecule has 0 bridgehead atoms. The van der Waals surface area contributed by atoms with Crippen molar-refractivity contribution in [2.45, 2.75) is 39.2 Å². The molecule has 0 aliphatic carbocycles. The smallest absolute Gasteiger partial charge is 0.176 e. The van der Waals surface area contributed by atoms with Crippen LogP contribution in [0.1, 0.15) is 42.8 Å².